The first-order valence-corrected chi connectivity index (χ1v) is 12.4. The van der Waals surface area contributed by atoms with Crippen LogP contribution in [0.2, 0.25) is 0 Å². The molecule has 4 rings (SSSR count). The Bertz CT molecular complexity index is 1280. The summed E-state index contributed by atoms with van der Waals surface area (Å²) in [6.07, 6.45) is 1.74. The molecular formula is C24H19NO4S3. The Morgan fingerprint density at radius 3 is 2.28 bits per heavy atom. The number of hydrogen-bond acceptors (Lipinski definition) is 6. The van der Waals surface area contributed by atoms with E-state index >= 15 is 0 Å². The predicted octanol–water partition coefficient (Wildman–Crippen LogP) is 5.16. The largest absolute Gasteiger partial charge is 0.379 e. The van der Waals surface area contributed by atoms with Crippen LogP contribution in [0.1, 0.15) is 16.7 Å². The molecule has 5 nitrogen and oxygen atoms in total. The quantitative estimate of drug-likeness (QED) is 0.275. The zero-order valence-corrected chi connectivity index (χ0v) is 19.5. The summed E-state index contributed by atoms with van der Waals surface area (Å²) < 4.78 is 30.6. The lowest BCUT2D eigenvalue weighted by Gasteiger charge is -2.14. The lowest BCUT2D eigenvalue weighted by Crippen LogP contribution is -2.27. The highest BCUT2D eigenvalue weighted by Gasteiger charge is 2.31. The normalized spacial score (nSPS) is 15.4. The average molecular weight is 482 g/mol. The molecule has 3 aromatic rings. The van der Waals surface area contributed by atoms with Crippen molar-refractivity contribution >= 4 is 50.4 Å². The van der Waals surface area contributed by atoms with Crippen LogP contribution in [0.3, 0.4) is 0 Å². The van der Waals surface area contributed by atoms with E-state index in [0.717, 1.165) is 16.7 Å². The molecular weight excluding hydrogens is 462 g/mol. The molecule has 0 bridgehead atoms. The molecule has 1 fully saturated rings. The van der Waals surface area contributed by atoms with Crippen LogP contribution < -0.4 is 4.18 Å². The van der Waals surface area contributed by atoms with Gasteiger partial charge in [0.25, 0.3) is 5.91 Å². The van der Waals surface area contributed by atoms with Crippen molar-refractivity contribution in [2.24, 2.45) is 0 Å². The van der Waals surface area contributed by atoms with Crippen molar-refractivity contribution in [2.45, 2.75) is 18.4 Å². The van der Waals surface area contributed by atoms with E-state index in [1.807, 2.05) is 37.3 Å². The van der Waals surface area contributed by atoms with Crippen molar-refractivity contribution in [3.05, 3.63) is 100 Å². The van der Waals surface area contributed by atoms with Crippen LogP contribution in [0.15, 0.2) is 88.7 Å². The maximum atomic E-state index is 12.8. The fraction of sp³-hybridized carbons (Fsp3) is 0.0833. The van der Waals surface area contributed by atoms with Crippen LogP contribution in [0, 0.1) is 6.92 Å². The van der Waals surface area contributed by atoms with Gasteiger partial charge < -0.3 is 4.18 Å². The number of rotatable bonds is 6. The van der Waals surface area contributed by atoms with Crippen molar-refractivity contribution in [3.63, 3.8) is 0 Å². The topological polar surface area (TPSA) is 63.7 Å². The number of thiocarbonyl (C=S) groups is 1. The molecule has 32 heavy (non-hydrogen) atoms. The second kappa shape index (κ2) is 9.28. The Kier molecular flexibility index (Phi) is 6.45. The fourth-order valence-corrected chi connectivity index (χ4v) is 5.24. The number of amides is 1. The number of nitrogens with zero attached hydrogens (tertiary/aromatic N) is 1. The minimum absolute atomic E-state index is 0.0919. The molecule has 0 unspecified atom stereocenters. The second-order valence-corrected chi connectivity index (χ2v) is 10.4. The molecule has 1 heterocycles. The SMILES string of the molecule is Cc1ccc(S(=O)(=O)Oc2ccc(C=C3SC(=S)N(Cc4ccccc4)C3=O)cc2)cc1. The van der Waals surface area contributed by atoms with Crippen molar-refractivity contribution < 1.29 is 17.4 Å². The molecule has 8 heteroatoms. The third kappa shape index (κ3) is 5.09. The molecule has 0 aliphatic carbocycles. The van der Waals surface area contributed by atoms with Crippen LogP contribution in [-0.4, -0.2) is 23.5 Å². The summed E-state index contributed by atoms with van der Waals surface area (Å²) in [4.78, 5) is 15.0. The van der Waals surface area contributed by atoms with Gasteiger partial charge in [-0.2, -0.15) is 8.42 Å². The Morgan fingerprint density at radius 1 is 0.969 bits per heavy atom. The minimum Gasteiger partial charge on any atom is -0.379 e. The molecule has 1 aliphatic heterocycles. The maximum Gasteiger partial charge on any atom is 0.339 e. The summed E-state index contributed by atoms with van der Waals surface area (Å²) >= 11 is 6.64. The van der Waals surface area contributed by atoms with Crippen LogP contribution in [0.25, 0.3) is 6.08 Å². The zero-order valence-electron chi connectivity index (χ0n) is 17.1. The predicted molar refractivity (Wildman–Crippen MR) is 131 cm³/mol. The highest BCUT2D eigenvalue weighted by Crippen LogP contribution is 2.34. The van der Waals surface area contributed by atoms with E-state index in [1.165, 1.54) is 23.9 Å². The molecule has 0 atom stereocenters. The van der Waals surface area contributed by atoms with Gasteiger partial charge >= 0.3 is 10.1 Å². The molecule has 1 saturated heterocycles. The standard InChI is InChI=1S/C24H19NO4S3/c1-17-7-13-21(14-8-17)32(27,28)29-20-11-9-18(10-12-20)15-22-23(26)25(24(30)31-22)16-19-5-3-2-4-6-19/h2-15H,16H2,1H3. The number of benzene rings is 3. The molecule has 0 spiro atoms. The van der Waals surface area contributed by atoms with Crippen LogP contribution >= 0.6 is 24.0 Å². The van der Waals surface area contributed by atoms with Gasteiger partial charge in [-0.15, -0.1) is 0 Å². The molecule has 162 valence electrons. The van der Waals surface area contributed by atoms with Gasteiger partial charge in [-0.1, -0.05) is 84.1 Å². The van der Waals surface area contributed by atoms with Gasteiger partial charge in [-0.3, -0.25) is 9.69 Å². The van der Waals surface area contributed by atoms with E-state index < -0.39 is 10.1 Å². The monoisotopic (exact) mass is 481 g/mol. The van der Waals surface area contributed by atoms with E-state index in [-0.39, 0.29) is 16.6 Å². The van der Waals surface area contributed by atoms with Gasteiger partial charge in [-0.25, -0.2) is 0 Å². The first kappa shape index (κ1) is 22.3. The van der Waals surface area contributed by atoms with E-state index in [1.54, 1.807) is 47.4 Å². The Hall–Kier alpha value is -2.94. The number of carbonyl (C=O) groups excluding carboxylic acids is 1. The van der Waals surface area contributed by atoms with Gasteiger partial charge in [0.15, 0.2) is 0 Å². The molecule has 3 aromatic carbocycles. The highest BCUT2D eigenvalue weighted by atomic mass is 32.2. The van der Waals surface area contributed by atoms with E-state index in [0.29, 0.717) is 15.8 Å². The van der Waals surface area contributed by atoms with Gasteiger partial charge in [-0.05, 0) is 48.4 Å². The Balaban J connectivity index is 1.46. The third-order valence-electron chi connectivity index (χ3n) is 4.75. The lowest BCUT2D eigenvalue weighted by molar-refractivity contribution is -0.122. The summed E-state index contributed by atoms with van der Waals surface area (Å²) in [6.45, 7) is 2.30. The average Bonchev–Trinajstić information content (AvgIpc) is 3.03. The van der Waals surface area contributed by atoms with Crippen LogP contribution in [0.5, 0.6) is 5.75 Å². The molecule has 0 radical (unpaired) electrons. The number of hydrogen-bond donors (Lipinski definition) is 0. The molecule has 1 amide bonds. The van der Waals surface area contributed by atoms with Gasteiger partial charge in [0.05, 0.1) is 11.4 Å². The summed E-state index contributed by atoms with van der Waals surface area (Å²) in [5.74, 6) is 0.0467. The lowest BCUT2D eigenvalue weighted by atomic mass is 10.2. The summed E-state index contributed by atoms with van der Waals surface area (Å²) in [6, 6.07) is 22.6. The minimum atomic E-state index is -3.92. The van der Waals surface area contributed by atoms with Gasteiger partial charge in [0, 0.05) is 0 Å². The molecule has 1 aliphatic rings. The summed E-state index contributed by atoms with van der Waals surface area (Å²) in [7, 11) is -3.92. The first-order valence-electron chi connectivity index (χ1n) is 9.72. The van der Waals surface area contributed by atoms with Crippen LogP contribution in [-0.2, 0) is 21.5 Å². The number of carbonyl (C=O) groups is 1. The van der Waals surface area contributed by atoms with Gasteiger partial charge in [0.2, 0.25) is 0 Å². The van der Waals surface area contributed by atoms with Crippen LogP contribution in [0.4, 0.5) is 0 Å². The van der Waals surface area contributed by atoms with Crippen molar-refractivity contribution in [2.75, 3.05) is 0 Å². The molecule has 0 aromatic heterocycles. The fourth-order valence-electron chi connectivity index (χ4n) is 3.05. The van der Waals surface area contributed by atoms with Crippen molar-refractivity contribution in [3.8, 4) is 5.75 Å². The Labute approximate surface area is 196 Å². The number of aryl methyl sites for hydroxylation is 1. The van der Waals surface area contributed by atoms with Crippen molar-refractivity contribution in [1.82, 2.24) is 4.90 Å². The van der Waals surface area contributed by atoms with Gasteiger partial charge in [0.1, 0.15) is 15.0 Å². The number of thioether (sulfide) groups is 1. The first-order chi connectivity index (χ1) is 15.3. The van der Waals surface area contributed by atoms with E-state index in [2.05, 4.69) is 0 Å². The maximum absolute atomic E-state index is 12.8. The molecule has 0 saturated carbocycles. The van der Waals surface area contributed by atoms with Crippen molar-refractivity contribution in [1.29, 1.82) is 0 Å². The summed E-state index contributed by atoms with van der Waals surface area (Å²) in [5.41, 5.74) is 2.70. The highest BCUT2D eigenvalue weighted by molar-refractivity contribution is 8.26. The summed E-state index contributed by atoms with van der Waals surface area (Å²) in [5, 5.41) is 0. The zero-order chi connectivity index (χ0) is 22.7. The molecule has 0 N–H and O–H groups in total. The van der Waals surface area contributed by atoms with E-state index in [4.69, 9.17) is 16.4 Å². The van der Waals surface area contributed by atoms with E-state index in [9.17, 15) is 13.2 Å². The third-order valence-corrected chi connectivity index (χ3v) is 7.39. The smallest absolute Gasteiger partial charge is 0.339 e. The Morgan fingerprint density at radius 2 is 1.62 bits per heavy atom. The second-order valence-electron chi connectivity index (χ2n) is 7.17.